The van der Waals surface area contributed by atoms with Crippen molar-refractivity contribution >= 4 is 17.5 Å². The molecule has 2 heterocycles. The third-order valence-corrected chi connectivity index (χ3v) is 4.65. The molecule has 0 aliphatic carbocycles. The third kappa shape index (κ3) is 3.24. The van der Waals surface area contributed by atoms with Crippen LogP contribution in [0, 0.1) is 12.8 Å². The Labute approximate surface area is 142 Å². The summed E-state index contributed by atoms with van der Waals surface area (Å²) in [6, 6.07) is 5.73. The molecule has 6 heteroatoms. The number of ether oxygens (including phenoxy) is 2. The van der Waals surface area contributed by atoms with Crippen LogP contribution in [0.25, 0.3) is 0 Å². The molecule has 2 aliphatic rings. The minimum atomic E-state index is -0.298. The van der Waals surface area contributed by atoms with Crippen molar-refractivity contribution < 1.29 is 19.1 Å². The van der Waals surface area contributed by atoms with Gasteiger partial charge in [-0.25, -0.2) is 0 Å². The second kappa shape index (κ2) is 6.81. The van der Waals surface area contributed by atoms with E-state index in [1.807, 2.05) is 36.9 Å². The van der Waals surface area contributed by atoms with Crippen molar-refractivity contribution in [3.63, 3.8) is 0 Å². The van der Waals surface area contributed by atoms with Crippen LogP contribution >= 0.6 is 0 Å². The molecule has 24 heavy (non-hydrogen) atoms. The molecule has 0 saturated carbocycles. The number of carbonyl (C=O) groups excluding carboxylic acids is 2. The summed E-state index contributed by atoms with van der Waals surface area (Å²) in [5.41, 5.74) is 1.79. The van der Waals surface area contributed by atoms with Gasteiger partial charge in [-0.1, -0.05) is 6.07 Å². The molecule has 6 nitrogen and oxygen atoms in total. The Balaban J connectivity index is 1.76. The van der Waals surface area contributed by atoms with E-state index in [1.165, 1.54) is 0 Å². The van der Waals surface area contributed by atoms with Gasteiger partial charge in [-0.3, -0.25) is 9.59 Å². The minimum Gasteiger partial charge on any atom is -0.495 e. The summed E-state index contributed by atoms with van der Waals surface area (Å²) in [6.07, 6.45) is 0.301. The van der Waals surface area contributed by atoms with E-state index in [2.05, 4.69) is 0 Å². The second-order valence-corrected chi connectivity index (χ2v) is 6.55. The normalized spacial score (nSPS) is 24.4. The predicted octanol–water partition coefficient (Wildman–Crippen LogP) is 1.60. The zero-order valence-corrected chi connectivity index (χ0v) is 14.4. The Bertz CT molecular complexity index is 646. The number of nitrogens with zero attached hydrogens (tertiary/aromatic N) is 2. The van der Waals surface area contributed by atoms with Crippen molar-refractivity contribution in [2.24, 2.45) is 5.92 Å². The van der Waals surface area contributed by atoms with Crippen molar-refractivity contribution in [1.29, 1.82) is 0 Å². The first-order chi connectivity index (χ1) is 11.5. The van der Waals surface area contributed by atoms with Crippen molar-refractivity contribution in [1.82, 2.24) is 4.90 Å². The molecule has 3 rings (SSSR count). The highest BCUT2D eigenvalue weighted by Crippen LogP contribution is 2.34. The van der Waals surface area contributed by atoms with Gasteiger partial charge in [0, 0.05) is 26.1 Å². The van der Waals surface area contributed by atoms with Gasteiger partial charge < -0.3 is 19.3 Å². The summed E-state index contributed by atoms with van der Waals surface area (Å²) in [5, 5.41) is 0. The van der Waals surface area contributed by atoms with Crippen LogP contribution in [0.1, 0.15) is 18.9 Å². The van der Waals surface area contributed by atoms with Crippen LogP contribution in [0.5, 0.6) is 5.75 Å². The summed E-state index contributed by atoms with van der Waals surface area (Å²) in [4.78, 5) is 28.7. The average Bonchev–Trinajstić information content (AvgIpc) is 2.95. The molecule has 0 N–H and O–H groups in total. The lowest BCUT2D eigenvalue weighted by molar-refractivity contribution is -0.142. The Morgan fingerprint density at radius 2 is 2.12 bits per heavy atom. The van der Waals surface area contributed by atoms with Crippen LogP contribution in [-0.2, 0) is 14.3 Å². The quantitative estimate of drug-likeness (QED) is 0.844. The highest BCUT2D eigenvalue weighted by Gasteiger charge is 2.39. The van der Waals surface area contributed by atoms with Crippen LogP contribution in [0.3, 0.4) is 0 Å². The molecule has 2 saturated heterocycles. The maximum Gasteiger partial charge on any atom is 0.228 e. The zero-order chi connectivity index (χ0) is 17.3. The molecule has 1 aromatic carbocycles. The Hall–Kier alpha value is -2.08. The number of amides is 2. The van der Waals surface area contributed by atoms with Crippen molar-refractivity contribution in [3.8, 4) is 5.75 Å². The minimum absolute atomic E-state index is 0.0291. The molecule has 130 valence electrons. The van der Waals surface area contributed by atoms with E-state index in [9.17, 15) is 9.59 Å². The number of carbonyl (C=O) groups is 2. The topological polar surface area (TPSA) is 59.1 Å². The molecule has 2 fully saturated rings. The maximum absolute atomic E-state index is 12.7. The second-order valence-electron chi connectivity index (χ2n) is 6.55. The lowest BCUT2D eigenvalue weighted by atomic mass is 10.1. The van der Waals surface area contributed by atoms with Crippen molar-refractivity contribution in [2.45, 2.75) is 26.4 Å². The summed E-state index contributed by atoms with van der Waals surface area (Å²) >= 11 is 0. The van der Waals surface area contributed by atoms with E-state index in [4.69, 9.17) is 9.47 Å². The van der Waals surface area contributed by atoms with Crippen LogP contribution in [0.15, 0.2) is 18.2 Å². The van der Waals surface area contributed by atoms with Gasteiger partial charge in [-0.05, 0) is 31.5 Å². The van der Waals surface area contributed by atoms with Crippen molar-refractivity contribution in [3.05, 3.63) is 23.8 Å². The lowest BCUT2D eigenvalue weighted by Gasteiger charge is -2.32. The molecule has 0 bridgehead atoms. The molecular formula is C18H24N2O4. The monoisotopic (exact) mass is 332 g/mol. The number of hydrogen-bond acceptors (Lipinski definition) is 4. The van der Waals surface area contributed by atoms with E-state index >= 15 is 0 Å². The number of aryl methyl sites for hydroxylation is 1. The highest BCUT2D eigenvalue weighted by atomic mass is 16.5. The third-order valence-electron chi connectivity index (χ3n) is 4.65. The van der Waals surface area contributed by atoms with E-state index in [1.54, 1.807) is 12.0 Å². The average molecular weight is 332 g/mol. The highest BCUT2D eigenvalue weighted by molar-refractivity contribution is 6.01. The van der Waals surface area contributed by atoms with Gasteiger partial charge in [0.25, 0.3) is 0 Å². The smallest absolute Gasteiger partial charge is 0.228 e. The number of hydrogen-bond donors (Lipinski definition) is 0. The number of rotatable bonds is 3. The fourth-order valence-electron chi connectivity index (χ4n) is 3.39. The number of methoxy groups -OCH3 is 1. The number of benzene rings is 1. The van der Waals surface area contributed by atoms with Gasteiger partial charge in [-0.2, -0.15) is 0 Å². The molecular weight excluding hydrogens is 308 g/mol. The fourth-order valence-corrected chi connectivity index (χ4v) is 3.39. The molecule has 2 amide bonds. The molecule has 2 atom stereocenters. The Morgan fingerprint density at radius 3 is 2.83 bits per heavy atom. The first-order valence-corrected chi connectivity index (χ1v) is 8.35. The van der Waals surface area contributed by atoms with Gasteiger partial charge in [0.05, 0.1) is 31.4 Å². The SMILES string of the molecule is COc1ccc(C)cc1N1CC(C(=O)N2CCOC(C)C2)CC1=O. The Morgan fingerprint density at radius 1 is 1.33 bits per heavy atom. The summed E-state index contributed by atoms with van der Waals surface area (Å²) in [7, 11) is 1.59. The summed E-state index contributed by atoms with van der Waals surface area (Å²) in [5.74, 6) is 0.376. The van der Waals surface area contributed by atoms with E-state index < -0.39 is 0 Å². The molecule has 2 aliphatic heterocycles. The fraction of sp³-hybridized carbons (Fsp3) is 0.556. The first-order valence-electron chi connectivity index (χ1n) is 8.35. The molecule has 0 radical (unpaired) electrons. The van der Waals surface area contributed by atoms with E-state index in [0.717, 1.165) is 11.3 Å². The Kier molecular flexibility index (Phi) is 4.76. The van der Waals surface area contributed by atoms with Crippen LogP contribution in [0.2, 0.25) is 0 Å². The molecule has 1 aromatic rings. The van der Waals surface area contributed by atoms with Crippen molar-refractivity contribution in [2.75, 3.05) is 38.3 Å². The predicted molar refractivity (Wildman–Crippen MR) is 90.2 cm³/mol. The van der Waals surface area contributed by atoms with Gasteiger partial charge in [0.2, 0.25) is 11.8 Å². The van der Waals surface area contributed by atoms with Crippen LogP contribution < -0.4 is 9.64 Å². The first kappa shape index (κ1) is 16.8. The van der Waals surface area contributed by atoms with Crippen LogP contribution in [0.4, 0.5) is 5.69 Å². The molecule has 0 aromatic heterocycles. The number of anilines is 1. The van der Waals surface area contributed by atoms with E-state index in [0.29, 0.717) is 32.0 Å². The summed E-state index contributed by atoms with van der Waals surface area (Å²) in [6.45, 7) is 6.09. The van der Waals surface area contributed by atoms with Gasteiger partial charge in [0.15, 0.2) is 0 Å². The maximum atomic E-state index is 12.7. The van der Waals surface area contributed by atoms with Gasteiger partial charge in [0.1, 0.15) is 5.75 Å². The number of morpholine rings is 1. The molecule has 0 spiro atoms. The lowest BCUT2D eigenvalue weighted by Crippen LogP contribution is -2.47. The molecule has 2 unspecified atom stereocenters. The zero-order valence-electron chi connectivity index (χ0n) is 14.4. The van der Waals surface area contributed by atoms with E-state index in [-0.39, 0.29) is 30.3 Å². The largest absolute Gasteiger partial charge is 0.495 e. The van der Waals surface area contributed by atoms with Gasteiger partial charge in [-0.15, -0.1) is 0 Å². The summed E-state index contributed by atoms with van der Waals surface area (Å²) < 4.78 is 10.9. The van der Waals surface area contributed by atoms with Crippen LogP contribution in [-0.4, -0.2) is 56.2 Å². The standard InChI is InChI=1S/C18H24N2O4/c1-12-4-5-16(23-3)15(8-12)20-11-14(9-17(20)21)18(22)19-6-7-24-13(2)10-19/h4-5,8,13-14H,6-7,9-11H2,1-3H3. The van der Waals surface area contributed by atoms with Gasteiger partial charge >= 0.3 is 0 Å².